The van der Waals surface area contributed by atoms with Gasteiger partial charge in [0.05, 0.1) is 23.2 Å². The van der Waals surface area contributed by atoms with Crippen LogP contribution in [0.4, 0.5) is 5.69 Å². The van der Waals surface area contributed by atoms with Crippen LogP contribution in [0.3, 0.4) is 0 Å². The highest BCUT2D eigenvalue weighted by Crippen LogP contribution is 2.20. The van der Waals surface area contributed by atoms with Gasteiger partial charge in [-0.2, -0.15) is 0 Å². The monoisotopic (exact) mass is 366 g/mol. The number of carboxylic acid groups (broad SMARTS) is 1. The fourth-order valence-electron chi connectivity index (χ4n) is 3.24. The maximum Gasteiger partial charge on any atom is 0.335 e. The summed E-state index contributed by atoms with van der Waals surface area (Å²) >= 11 is 0. The second-order valence-corrected chi connectivity index (χ2v) is 6.63. The summed E-state index contributed by atoms with van der Waals surface area (Å²) < 4.78 is 0. The number of amides is 2. The first kappa shape index (κ1) is 18.6. The van der Waals surface area contributed by atoms with E-state index in [-0.39, 0.29) is 23.8 Å². The van der Waals surface area contributed by atoms with E-state index < -0.39 is 5.97 Å². The Morgan fingerprint density at radius 1 is 0.963 bits per heavy atom. The molecule has 1 aliphatic rings. The van der Waals surface area contributed by atoms with E-state index in [1.807, 2.05) is 4.90 Å². The number of aromatic carboxylic acids is 1. The molecule has 0 aromatic heterocycles. The highest BCUT2D eigenvalue weighted by atomic mass is 16.4. The zero-order valence-electron chi connectivity index (χ0n) is 15.0. The molecule has 1 aliphatic heterocycles. The standard InChI is InChI=1S/C21H22N2O4/c24-19(14-15-7-6-8-16(13-15)21(26)27)22-18-10-3-2-9-17(18)20(25)23-11-4-1-5-12-23/h2-3,6-10,13H,1,4-5,11-12,14H2,(H,22,24)(H,26,27). The van der Waals surface area contributed by atoms with E-state index >= 15 is 0 Å². The molecule has 3 rings (SSSR count). The van der Waals surface area contributed by atoms with Crippen LogP contribution < -0.4 is 5.32 Å². The smallest absolute Gasteiger partial charge is 0.335 e. The topological polar surface area (TPSA) is 86.7 Å². The van der Waals surface area contributed by atoms with Crippen molar-refractivity contribution < 1.29 is 19.5 Å². The highest BCUT2D eigenvalue weighted by molar-refractivity contribution is 6.04. The van der Waals surface area contributed by atoms with E-state index in [0.29, 0.717) is 16.8 Å². The molecule has 2 N–H and O–H groups in total. The van der Waals surface area contributed by atoms with Gasteiger partial charge in [0.25, 0.3) is 5.91 Å². The molecule has 2 aromatic rings. The van der Waals surface area contributed by atoms with Gasteiger partial charge in [-0.05, 0) is 49.1 Å². The molecule has 0 radical (unpaired) electrons. The molecule has 2 amide bonds. The number of hydrogen-bond acceptors (Lipinski definition) is 3. The molecular formula is C21H22N2O4. The molecular weight excluding hydrogens is 344 g/mol. The number of hydrogen-bond donors (Lipinski definition) is 2. The van der Waals surface area contributed by atoms with Gasteiger partial charge in [-0.1, -0.05) is 24.3 Å². The molecule has 0 atom stereocenters. The van der Waals surface area contributed by atoms with Crippen LogP contribution in [0.1, 0.15) is 45.5 Å². The fraction of sp³-hybridized carbons (Fsp3) is 0.286. The third-order valence-electron chi connectivity index (χ3n) is 4.61. The number of benzene rings is 2. The average Bonchev–Trinajstić information content (AvgIpc) is 2.68. The van der Waals surface area contributed by atoms with Crippen LogP contribution in [0.2, 0.25) is 0 Å². The summed E-state index contributed by atoms with van der Waals surface area (Å²) in [5.41, 5.74) is 1.70. The molecule has 1 heterocycles. The Morgan fingerprint density at radius 2 is 1.70 bits per heavy atom. The Labute approximate surface area is 157 Å². The molecule has 140 valence electrons. The largest absolute Gasteiger partial charge is 0.478 e. The van der Waals surface area contributed by atoms with E-state index in [2.05, 4.69) is 5.32 Å². The number of nitrogens with one attached hydrogen (secondary N) is 1. The van der Waals surface area contributed by atoms with Crippen molar-refractivity contribution in [2.24, 2.45) is 0 Å². The zero-order chi connectivity index (χ0) is 19.2. The first-order valence-corrected chi connectivity index (χ1v) is 9.05. The first-order valence-electron chi connectivity index (χ1n) is 9.05. The van der Waals surface area contributed by atoms with Crippen LogP contribution in [-0.4, -0.2) is 40.9 Å². The van der Waals surface area contributed by atoms with Gasteiger partial charge in [0, 0.05) is 13.1 Å². The second kappa shape index (κ2) is 8.49. The van der Waals surface area contributed by atoms with Crippen LogP contribution in [-0.2, 0) is 11.2 Å². The van der Waals surface area contributed by atoms with E-state index in [9.17, 15) is 14.4 Å². The minimum atomic E-state index is -1.03. The number of rotatable bonds is 5. The van der Waals surface area contributed by atoms with Crippen LogP contribution in [0.15, 0.2) is 48.5 Å². The number of carbonyl (C=O) groups excluding carboxylic acids is 2. The molecule has 0 unspecified atom stereocenters. The quantitative estimate of drug-likeness (QED) is 0.851. The van der Waals surface area contributed by atoms with Gasteiger partial charge in [0.2, 0.25) is 5.91 Å². The predicted octanol–water partition coefficient (Wildman–Crippen LogP) is 3.19. The Kier molecular flexibility index (Phi) is 5.86. The Morgan fingerprint density at radius 3 is 2.44 bits per heavy atom. The summed E-state index contributed by atoms with van der Waals surface area (Å²) in [6.45, 7) is 1.48. The number of carbonyl (C=O) groups is 3. The number of carboxylic acids is 1. The van der Waals surface area contributed by atoms with Crippen LogP contribution in [0.25, 0.3) is 0 Å². The lowest BCUT2D eigenvalue weighted by Crippen LogP contribution is -2.36. The molecule has 6 heteroatoms. The van der Waals surface area contributed by atoms with Gasteiger partial charge >= 0.3 is 5.97 Å². The molecule has 2 aromatic carbocycles. The molecule has 0 spiro atoms. The van der Waals surface area contributed by atoms with Crippen LogP contribution in [0.5, 0.6) is 0 Å². The number of para-hydroxylation sites is 1. The molecule has 1 saturated heterocycles. The fourth-order valence-corrected chi connectivity index (χ4v) is 3.24. The lowest BCUT2D eigenvalue weighted by atomic mass is 10.1. The van der Waals surface area contributed by atoms with Crippen molar-refractivity contribution in [2.75, 3.05) is 18.4 Å². The summed E-state index contributed by atoms with van der Waals surface area (Å²) in [5, 5.41) is 11.9. The molecule has 1 fully saturated rings. The van der Waals surface area contributed by atoms with E-state index in [4.69, 9.17) is 5.11 Å². The molecule has 6 nitrogen and oxygen atoms in total. The Hall–Kier alpha value is -3.15. The molecule has 0 aliphatic carbocycles. The predicted molar refractivity (Wildman–Crippen MR) is 102 cm³/mol. The summed E-state index contributed by atoms with van der Waals surface area (Å²) in [7, 11) is 0. The molecule has 0 bridgehead atoms. The third-order valence-corrected chi connectivity index (χ3v) is 4.61. The summed E-state index contributed by atoms with van der Waals surface area (Å²) in [6.07, 6.45) is 3.17. The van der Waals surface area contributed by atoms with Crippen molar-refractivity contribution in [3.8, 4) is 0 Å². The number of nitrogens with zero attached hydrogens (tertiary/aromatic N) is 1. The molecule has 27 heavy (non-hydrogen) atoms. The van der Waals surface area contributed by atoms with Crippen LogP contribution in [0, 0.1) is 0 Å². The maximum absolute atomic E-state index is 12.8. The maximum atomic E-state index is 12.8. The van der Waals surface area contributed by atoms with Crippen LogP contribution >= 0.6 is 0 Å². The number of piperidine rings is 1. The van der Waals surface area contributed by atoms with Crippen molar-refractivity contribution in [2.45, 2.75) is 25.7 Å². The van der Waals surface area contributed by atoms with Crippen molar-refractivity contribution in [1.29, 1.82) is 0 Å². The van der Waals surface area contributed by atoms with Gasteiger partial charge < -0.3 is 15.3 Å². The second-order valence-electron chi connectivity index (χ2n) is 6.63. The minimum absolute atomic E-state index is 0.0351. The van der Waals surface area contributed by atoms with Crippen molar-refractivity contribution in [3.05, 3.63) is 65.2 Å². The van der Waals surface area contributed by atoms with Gasteiger partial charge in [0.15, 0.2) is 0 Å². The van der Waals surface area contributed by atoms with Gasteiger partial charge in [0.1, 0.15) is 0 Å². The Balaban J connectivity index is 1.72. The van der Waals surface area contributed by atoms with Gasteiger partial charge in [-0.25, -0.2) is 4.79 Å². The first-order chi connectivity index (χ1) is 13.0. The highest BCUT2D eigenvalue weighted by Gasteiger charge is 2.21. The molecule has 0 saturated carbocycles. The normalized spacial score (nSPS) is 13.9. The summed E-state index contributed by atoms with van der Waals surface area (Å²) in [6, 6.07) is 13.3. The zero-order valence-corrected chi connectivity index (χ0v) is 15.0. The van der Waals surface area contributed by atoms with Gasteiger partial charge in [-0.3, -0.25) is 9.59 Å². The summed E-state index contributed by atoms with van der Waals surface area (Å²) in [5.74, 6) is -1.40. The van der Waals surface area contributed by atoms with Crippen molar-refractivity contribution in [1.82, 2.24) is 4.90 Å². The van der Waals surface area contributed by atoms with E-state index in [0.717, 1.165) is 32.4 Å². The van der Waals surface area contributed by atoms with E-state index in [1.54, 1.807) is 36.4 Å². The average molecular weight is 366 g/mol. The number of likely N-dealkylation sites (tertiary alicyclic amines) is 1. The Bertz CT molecular complexity index is 857. The number of anilines is 1. The lowest BCUT2D eigenvalue weighted by Gasteiger charge is -2.27. The SMILES string of the molecule is O=C(Cc1cccc(C(=O)O)c1)Nc1ccccc1C(=O)N1CCCCC1. The lowest BCUT2D eigenvalue weighted by molar-refractivity contribution is -0.115. The minimum Gasteiger partial charge on any atom is -0.478 e. The summed E-state index contributed by atoms with van der Waals surface area (Å²) in [4.78, 5) is 38.1. The van der Waals surface area contributed by atoms with Crippen molar-refractivity contribution in [3.63, 3.8) is 0 Å². The van der Waals surface area contributed by atoms with Crippen molar-refractivity contribution >= 4 is 23.5 Å². The third kappa shape index (κ3) is 4.73. The van der Waals surface area contributed by atoms with E-state index in [1.165, 1.54) is 12.1 Å². The van der Waals surface area contributed by atoms with Gasteiger partial charge in [-0.15, -0.1) is 0 Å².